The molecule has 7 nitrogen and oxygen atoms in total. The first-order valence-electron chi connectivity index (χ1n) is 9.50. The van der Waals surface area contributed by atoms with Gasteiger partial charge in [0.15, 0.2) is 0 Å². The highest BCUT2D eigenvalue weighted by atomic mass is 35.5. The zero-order valence-electron chi connectivity index (χ0n) is 16.0. The zero-order chi connectivity index (χ0) is 21.3. The summed E-state index contributed by atoms with van der Waals surface area (Å²) in [5.41, 5.74) is 3.84. The molecule has 4 rings (SSSR count). The van der Waals surface area contributed by atoms with Gasteiger partial charge in [0, 0.05) is 36.3 Å². The third-order valence-corrected chi connectivity index (χ3v) is 5.65. The van der Waals surface area contributed by atoms with Crippen LogP contribution in [0.4, 0.5) is 10.5 Å². The number of amidine groups is 1. The molecule has 3 N–H and O–H groups in total. The lowest BCUT2D eigenvalue weighted by molar-refractivity contribution is 0.0953. The van der Waals surface area contributed by atoms with Crippen LogP contribution in [0.2, 0.25) is 10.0 Å². The second kappa shape index (κ2) is 8.73. The fourth-order valence-electron chi connectivity index (χ4n) is 3.49. The third kappa shape index (κ3) is 4.34. The van der Waals surface area contributed by atoms with Gasteiger partial charge in [0.1, 0.15) is 11.9 Å². The van der Waals surface area contributed by atoms with E-state index in [0.717, 1.165) is 16.8 Å². The molecule has 0 spiro atoms. The van der Waals surface area contributed by atoms with Gasteiger partial charge in [-0.1, -0.05) is 29.3 Å². The first kappa shape index (κ1) is 20.8. The monoisotopic (exact) mass is 446 g/mol. The summed E-state index contributed by atoms with van der Waals surface area (Å²) in [4.78, 5) is 23.1. The molecule has 0 bridgehead atoms. The van der Waals surface area contributed by atoms with Crippen molar-refractivity contribution in [1.82, 2.24) is 15.2 Å². The minimum atomic E-state index is -1.01. The number of rotatable bonds is 3. The molecule has 156 valence electrons. The fourth-order valence-corrected chi connectivity index (χ4v) is 3.98. The van der Waals surface area contributed by atoms with Crippen LogP contribution < -0.4 is 5.32 Å². The van der Waals surface area contributed by atoms with Crippen molar-refractivity contribution < 1.29 is 15.0 Å². The Kier molecular flexibility index (Phi) is 6.06. The zero-order valence-corrected chi connectivity index (χ0v) is 17.5. The van der Waals surface area contributed by atoms with Crippen molar-refractivity contribution in [2.45, 2.75) is 18.9 Å². The number of aliphatic hydroxyl groups excluding tert-OH is 2. The second-order valence-corrected chi connectivity index (χ2v) is 8.00. The Morgan fingerprint density at radius 2 is 2.13 bits per heavy atom. The van der Waals surface area contributed by atoms with Crippen molar-refractivity contribution in [2.75, 3.05) is 19.7 Å². The van der Waals surface area contributed by atoms with Crippen molar-refractivity contribution in [1.29, 1.82) is 0 Å². The number of benzene rings is 1. The second-order valence-electron chi connectivity index (χ2n) is 7.16. The summed E-state index contributed by atoms with van der Waals surface area (Å²) in [5, 5.41) is 22.7. The first-order chi connectivity index (χ1) is 14.4. The van der Waals surface area contributed by atoms with Crippen LogP contribution in [-0.2, 0) is 6.42 Å². The van der Waals surface area contributed by atoms with Gasteiger partial charge in [-0.05, 0) is 41.8 Å². The molecule has 1 atom stereocenters. The maximum absolute atomic E-state index is 12.6. The highest BCUT2D eigenvalue weighted by molar-refractivity contribution is 6.32. The first-order valence-corrected chi connectivity index (χ1v) is 10.3. The van der Waals surface area contributed by atoms with Gasteiger partial charge >= 0.3 is 6.03 Å². The number of carbonyl (C=O) groups excluding carboxylic acids is 1. The molecule has 0 fully saturated rings. The normalized spacial score (nSPS) is 16.6. The Balaban J connectivity index is 1.39. The number of hydrogen-bond acceptors (Lipinski definition) is 5. The van der Waals surface area contributed by atoms with Crippen LogP contribution in [0.15, 0.2) is 41.5 Å². The Bertz CT molecular complexity index is 1050. The van der Waals surface area contributed by atoms with Crippen LogP contribution in [0.3, 0.4) is 0 Å². The maximum atomic E-state index is 12.6. The number of aliphatic imine (C=N–C) groups is 1. The third-order valence-electron chi connectivity index (χ3n) is 5.13. The van der Waals surface area contributed by atoms with Crippen molar-refractivity contribution in [2.24, 2.45) is 4.99 Å². The number of fused-ring (bicyclic) bond motifs is 1. The van der Waals surface area contributed by atoms with Gasteiger partial charge in [-0.25, -0.2) is 9.79 Å². The molecule has 0 saturated carbocycles. The van der Waals surface area contributed by atoms with Gasteiger partial charge in [0.2, 0.25) is 0 Å². The van der Waals surface area contributed by atoms with E-state index in [1.54, 1.807) is 17.0 Å². The number of amides is 2. The molecule has 9 heteroatoms. The summed E-state index contributed by atoms with van der Waals surface area (Å²) in [7, 11) is 0. The van der Waals surface area contributed by atoms with Gasteiger partial charge in [0.05, 0.1) is 23.0 Å². The van der Waals surface area contributed by atoms with E-state index in [4.69, 9.17) is 28.3 Å². The summed E-state index contributed by atoms with van der Waals surface area (Å²) >= 11 is 12.3. The van der Waals surface area contributed by atoms with E-state index in [9.17, 15) is 9.90 Å². The van der Waals surface area contributed by atoms with E-state index in [1.807, 2.05) is 18.2 Å². The van der Waals surface area contributed by atoms with Gasteiger partial charge < -0.3 is 15.1 Å². The number of aliphatic hydroxyl groups is 2. The van der Waals surface area contributed by atoms with Crippen LogP contribution in [-0.4, -0.2) is 51.7 Å². The summed E-state index contributed by atoms with van der Waals surface area (Å²) < 4.78 is 0. The van der Waals surface area contributed by atoms with Crippen molar-refractivity contribution in [3.8, 4) is 0 Å². The SMILES string of the molecule is O=C(NC1=Nc2ccc(Cl)cc2C1)N1CC=C(c2ncc([C@@H](O)CO)cc2Cl)CC1. The maximum Gasteiger partial charge on any atom is 0.323 e. The number of carbonyl (C=O) groups is 1. The quantitative estimate of drug-likeness (QED) is 0.671. The highest BCUT2D eigenvalue weighted by Crippen LogP contribution is 2.30. The Labute approximate surface area is 183 Å². The number of halogens is 2. The molecule has 1 aromatic carbocycles. The molecule has 0 unspecified atom stereocenters. The topological polar surface area (TPSA) is 98.1 Å². The van der Waals surface area contributed by atoms with Crippen molar-refractivity contribution >= 4 is 46.3 Å². The summed E-state index contributed by atoms with van der Waals surface area (Å²) in [6, 6.07) is 6.88. The van der Waals surface area contributed by atoms with Gasteiger partial charge in [-0.2, -0.15) is 0 Å². The molecule has 2 aromatic rings. The number of pyridine rings is 1. The van der Waals surface area contributed by atoms with Gasteiger partial charge in [-0.3, -0.25) is 10.3 Å². The van der Waals surface area contributed by atoms with E-state index in [2.05, 4.69) is 15.3 Å². The molecule has 2 amide bonds. The van der Waals surface area contributed by atoms with E-state index < -0.39 is 12.7 Å². The van der Waals surface area contributed by atoms with Crippen LogP contribution >= 0.6 is 23.2 Å². The Morgan fingerprint density at radius 1 is 1.30 bits per heavy atom. The Hall–Kier alpha value is -2.45. The fraction of sp³-hybridized carbons (Fsp3) is 0.286. The molecule has 3 heterocycles. The van der Waals surface area contributed by atoms with Crippen LogP contribution in [0, 0.1) is 0 Å². The Morgan fingerprint density at radius 3 is 2.83 bits per heavy atom. The number of aromatic nitrogens is 1. The van der Waals surface area contributed by atoms with E-state index in [-0.39, 0.29) is 6.03 Å². The number of nitrogens with zero attached hydrogens (tertiary/aromatic N) is 3. The van der Waals surface area contributed by atoms with E-state index in [0.29, 0.717) is 53.1 Å². The van der Waals surface area contributed by atoms with Crippen LogP contribution in [0.5, 0.6) is 0 Å². The average Bonchev–Trinajstić information content (AvgIpc) is 3.14. The predicted molar refractivity (Wildman–Crippen MR) is 116 cm³/mol. The largest absolute Gasteiger partial charge is 0.393 e. The molecular formula is C21H20Cl2N4O3. The summed E-state index contributed by atoms with van der Waals surface area (Å²) in [5.74, 6) is 0.606. The lowest BCUT2D eigenvalue weighted by Crippen LogP contribution is -2.44. The van der Waals surface area contributed by atoms with Gasteiger partial charge in [-0.15, -0.1) is 0 Å². The standard InChI is InChI=1S/C21H20Cl2N4O3/c22-15-1-2-17-13(7-15)9-19(25-17)26-21(30)27-5-3-12(4-6-27)20-16(23)8-14(10-24-20)18(29)11-28/h1-3,7-8,10,18,28-29H,4-6,9,11H2,(H,25,26,30)/t18-/m0/s1. The molecular weight excluding hydrogens is 427 g/mol. The van der Waals surface area contributed by atoms with Crippen LogP contribution in [0.25, 0.3) is 5.57 Å². The highest BCUT2D eigenvalue weighted by Gasteiger charge is 2.23. The minimum Gasteiger partial charge on any atom is -0.393 e. The van der Waals surface area contributed by atoms with Gasteiger partial charge in [0.25, 0.3) is 0 Å². The average molecular weight is 447 g/mol. The molecule has 0 radical (unpaired) electrons. The number of urea groups is 1. The smallest absolute Gasteiger partial charge is 0.323 e. The van der Waals surface area contributed by atoms with E-state index in [1.165, 1.54) is 6.20 Å². The minimum absolute atomic E-state index is 0.205. The van der Waals surface area contributed by atoms with Crippen molar-refractivity contribution in [3.63, 3.8) is 0 Å². The lowest BCUT2D eigenvalue weighted by Gasteiger charge is -2.27. The lowest BCUT2D eigenvalue weighted by atomic mass is 10.0. The molecule has 0 aliphatic carbocycles. The van der Waals surface area contributed by atoms with E-state index >= 15 is 0 Å². The molecule has 2 aliphatic rings. The molecule has 0 saturated heterocycles. The van der Waals surface area contributed by atoms with Crippen molar-refractivity contribution in [3.05, 3.63) is 63.4 Å². The molecule has 2 aliphatic heterocycles. The summed E-state index contributed by atoms with van der Waals surface area (Å²) in [6.07, 6.45) is 3.56. The molecule has 30 heavy (non-hydrogen) atoms. The predicted octanol–water partition coefficient (Wildman–Crippen LogP) is 3.50. The molecule has 1 aromatic heterocycles. The number of hydrogen-bond donors (Lipinski definition) is 3. The van der Waals surface area contributed by atoms with Crippen LogP contribution in [0.1, 0.15) is 29.3 Å². The summed E-state index contributed by atoms with van der Waals surface area (Å²) in [6.45, 7) is 0.544. The number of nitrogens with one attached hydrogen (secondary N) is 1.